The van der Waals surface area contributed by atoms with Crippen LogP contribution in [0.4, 0.5) is 0 Å². The molecule has 0 aromatic heterocycles. The third kappa shape index (κ3) is 53.0. The number of ether oxygens (including phenoxy) is 3. The van der Waals surface area contributed by atoms with Gasteiger partial charge in [0.15, 0.2) is 6.10 Å². The minimum atomic E-state index is -0.766. The topological polar surface area (TPSA) is 78.9 Å². The monoisotopic (exact) mass is 917 g/mol. The first-order valence-corrected chi connectivity index (χ1v) is 29.2. The first kappa shape index (κ1) is 63.1. The molecule has 0 saturated carbocycles. The number of hydrogen-bond donors (Lipinski definition) is 0. The summed E-state index contributed by atoms with van der Waals surface area (Å²) in [6.45, 7) is 6.58. The van der Waals surface area contributed by atoms with Gasteiger partial charge in [-0.05, 0) is 44.9 Å². The number of unbranched alkanes of at least 4 members (excludes halogenated alkanes) is 41. The molecule has 1 atom stereocenters. The van der Waals surface area contributed by atoms with E-state index in [-0.39, 0.29) is 31.1 Å². The number of esters is 3. The second kappa shape index (κ2) is 54.8. The second-order valence-corrected chi connectivity index (χ2v) is 19.9. The summed E-state index contributed by atoms with van der Waals surface area (Å²) in [5, 5.41) is 0. The van der Waals surface area contributed by atoms with Gasteiger partial charge in [0.25, 0.3) is 0 Å². The van der Waals surface area contributed by atoms with Gasteiger partial charge in [-0.3, -0.25) is 14.4 Å². The molecule has 0 radical (unpaired) electrons. The normalized spacial score (nSPS) is 12.0. The zero-order valence-electron chi connectivity index (χ0n) is 44.0. The van der Waals surface area contributed by atoms with Crippen molar-refractivity contribution in [3.63, 3.8) is 0 Å². The lowest BCUT2D eigenvalue weighted by Crippen LogP contribution is -2.30. The summed E-state index contributed by atoms with van der Waals surface area (Å²) in [4.78, 5) is 37.7. The van der Waals surface area contributed by atoms with E-state index < -0.39 is 6.10 Å². The fourth-order valence-corrected chi connectivity index (χ4v) is 8.85. The van der Waals surface area contributed by atoms with E-state index in [4.69, 9.17) is 14.2 Å². The van der Waals surface area contributed by atoms with Gasteiger partial charge >= 0.3 is 17.9 Å². The third-order valence-corrected chi connectivity index (χ3v) is 13.3. The Balaban J connectivity index is 3.90. The molecule has 0 spiro atoms. The highest BCUT2D eigenvalue weighted by molar-refractivity contribution is 5.71. The van der Waals surface area contributed by atoms with Crippen LogP contribution in [0.1, 0.15) is 329 Å². The zero-order chi connectivity index (χ0) is 47.2. The Kier molecular flexibility index (Phi) is 53.2. The molecule has 0 aliphatic heterocycles. The van der Waals surface area contributed by atoms with E-state index in [1.54, 1.807) is 0 Å². The van der Waals surface area contributed by atoms with Crippen LogP contribution >= 0.6 is 0 Å². The molecule has 0 saturated heterocycles. The first-order chi connectivity index (χ1) is 32.0. The number of allylic oxidation sites excluding steroid dienone is 2. The highest BCUT2D eigenvalue weighted by Crippen LogP contribution is 2.18. The lowest BCUT2D eigenvalue weighted by molar-refractivity contribution is -0.167. The van der Waals surface area contributed by atoms with Crippen LogP contribution < -0.4 is 0 Å². The fraction of sp³-hybridized carbons (Fsp3) is 0.915. The van der Waals surface area contributed by atoms with E-state index in [1.807, 2.05) is 0 Å². The Morgan fingerprint density at radius 3 is 0.785 bits per heavy atom. The van der Waals surface area contributed by atoms with E-state index in [1.165, 1.54) is 218 Å². The van der Waals surface area contributed by atoms with Crippen LogP contribution in [-0.2, 0) is 28.6 Å². The van der Waals surface area contributed by atoms with Crippen LogP contribution in [0.3, 0.4) is 0 Å². The van der Waals surface area contributed by atoms with Crippen molar-refractivity contribution in [2.45, 2.75) is 335 Å². The molecule has 0 bridgehead atoms. The molecule has 65 heavy (non-hydrogen) atoms. The predicted molar refractivity (Wildman–Crippen MR) is 280 cm³/mol. The molecule has 0 fully saturated rings. The van der Waals surface area contributed by atoms with E-state index in [9.17, 15) is 14.4 Å². The number of hydrogen-bond acceptors (Lipinski definition) is 6. The van der Waals surface area contributed by atoms with Gasteiger partial charge in [0, 0.05) is 19.3 Å². The maximum atomic E-state index is 12.7. The molecule has 0 rings (SSSR count). The zero-order valence-corrected chi connectivity index (χ0v) is 44.0. The Hall–Kier alpha value is -1.85. The summed E-state index contributed by atoms with van der Waals surface area (Å²) in [5.41, 5.74) is 0. The van der Waals surface area contributed by atoms with Crippen LogP contribution in [0, 0.1) is 0 Å². The van der Waals surface area contributed by atoms with Crippen molar-refractivity contribution in [2.75, 3.05) is 13.2 Å². The van der Waals surface area contributed by atoms with Crippen molar-refractivity contribution >= 4 is 17.9 Å². The van der Waals surface area contributed by atoms with Gasteiger partial charge in [-0.2, -0.15) is 0 Å². The van der Waals surface area contributed by atoms with Crippen molar-refractivity contribution in [1.82, 2.24) is 0 Å². The summed E-state index contributed by atoms with van der Waals surface area (Å²) in [6, 6.07) is 0. The molecule has 384 valence electrons. The Morgan fingerprint density at radius 2 is 0.508 bits per heavy atom. The van der Waals surface area contributed by atoms with E-state index >= 15 is 0 Å². The largest absolute Gasteiger partial charge is 0.462 e. The van der Waals surface area contributed by atoms with Gasteiger partial charge in [-0.1, -0.05) is 277 Å². The van der Waals surface area contributed by atoms with Gasteiger partial charge in [-0.25, -0.2) is 0 Å². The molecule has 6 heteroatoms. The number of rotatable bonds is 54. The fourth-order valence-electron chi connectivity index (χ4n) is 8.85. The predicted octanol–water partition coefficient (Wildman–Crippen LogP) is 19.3. The molecule has 0 aromatic rings. The molecule has 0 aromatic carbocycles. The quantitative estimate of drug-likeness (QED) is 0.0262. The van der Waals surface area contributed by atoms with Gasteiger partial charge in [0.05, 0.1) is 0 Å². The summed E-state index contributed by atoms with van der Waals surface area (Å²) < 4.78 is 16.7. The highest BCUT2D eigenvalue weighted by Gasteiger charge is 2.19. The molecule has 0 heterocycles. The Bertz CT molecular complexity index is 1010. The van der Waals surface area contributed by atoms with E-state index in [0.717, 1.165) is 70.6 Å². The van der Waals surface area contributed by atoms with Crippen molar-refractivity contribution in [1.29, 1.82) is 0 Å². The van der Waals surface area contributed by atoms with Crippen LogP contribution in [0.15, 0.2) is 12.2 Å². The number of carbonyl (C=O) groups is 3. The maximum absolute atomic E-state index is 12.7. The average Bonchev–Trinajstić information content (AvgIpc) is 3.30. The van der Waals surface area contributed by atoms with Gasteiger partial charge in [-0.15, -0.1) is 0 Å². The molecule has 0 amide bonds. The van der Waals surface area contributed by atoms with Crippen LogP contribution in [0.5, 0.6) is 0 Å². The molecule has 6 nitrogen and oxygen atoms in total. The van der Waals surface area contributed by atoms with Crippen molar-refractivity contribution in [3.05, 3.63) is 12.2 Å². The maximum Gasteiger partial charge on any atom is 0.306 e. The molecular formula is C59H112O6. The van der Waals surface area contributed by atoms with E-state index in [2.05, 4.69) is 32.9 Å². The van der Waals surface area contributed by atoms with Crippen molar-refractivity contribution in [3.8, 4) is 0 Å². The lowest BCUT2D eigenvalue weighted by atomic mass is 10.0. The molecular weight excluding hydrogens is 805 g/mol. The molecule has 0 aliphatic carbocycles. The molecule has 0 aliphatic rings. The van der Waals surface area contributed by atoms with Crippen molar-refractivity contribution < 1.29 is 28.6 Å². The minimum absolute atomic E-state index is 0.0694. The highest BCUT2D eigenvalue weighted by atomic mass is 16.6. The van der Waals surface area contributed by atoms with Crippen LogP contribution in [0.25, 0.3) is 0 Å². The first-order valence-electron chi connectivity index (χ1n) is 29.2. The van der Waals surface area contributed by atoms with Gasteiger partial charge < -0.3 is 14.2 Å². The second-order valence-electron chi connectivity index (χ2n) is 19.9. The summed E-state index contributed by atoms with van der Waals surface area (Å²) in [7, 11) is 0. The average molecular weight is 918 g/mol. The van der Waals surface area contributed by atoms with Gasteiger partial charge in [0.1, 0.15) is 13.2 Å². The lowest BCUT2D eigenvalue weighted by Gasteiger charge is -2.18. The standard InChI is InChI=1S/C59H112O6/c1-4-7-10-13-15-17-19-21-22-23-24-25-26-27-28-29-30-31-32-33-34-35-36-38-39-41-43-46-49-52-58(61)64-55-56(54-63-57(60)51-48-45-12-9-6-3)65-59(62)53-50-47-44-42-40-37-20-18-16-14-11-8-5-2/h18,20,56H,4-17,19,21-55H2,1-3H3/b20-18-. The van der Waals surface area contributed by atoms with E-state index in [0.29, 0.717) is 19.3 Å². The Labute approximate surface area is 405 Å². The minimum Gasteiger partial charge on any atom is -0.462 e. The summed E-state index contributed by atoms with van der Waals surface area (Å²) in [5.74, 6) is -0.875. The van der Waals surface area contributed by atoms with Crippen molar-refractivity contribution in [2.24, 2.45) is 0 Å². The van der Waals surface area contributed by atoms with Gasteiger partial charge in [0.2, 0.25) is 0 Å². The summed E-state index contributed by atoms with van der Waals surface area (Å²) >= 11 is 0. The smallest absolute Gasteiger partial charge is 0.306 e. The number of carbonyl (C=O) groups excluding carboxylic acids is 3. The SMILES string of the molecule is CCCCCC/C=C\CCCCCCCC(=O)OC(COC(=O)CCCCCCC)COC(=O)CCCCCCCCCCCCCCCCCCCCCCCCCCCCCCC. The van der Waals surface area contributed by atoms with Crippen LogP contribution in [-0.4, -0.2) is 37.2 Å². The Morgan fingerprint density at radius 1 is 0.292 bits per heavy atom. The third-order valence-electron chi connectivity index (χ3n) is 13.3. The van der Waals surface area contributed by atoms with Crippen LogP contribution in [0.2, 0.25) is 0 Å². The summed E-state index contributed by atoms with van der Waals surface area (Å²) in [6.07, 6.45) is 62.8. The molecule has 0 N–H and O–H groups in total. The molecule has 1 unspecified atom stereocenters.